The van der Waals surface area contributed by atoms with E-state index in [2.05, 4.69) is 10.6 Å². The van der Waals surface area contributed by atoms with Gasteiger partial charge in [-0.3, -0.25) is 24.6 Å². The van der Waals surface area contributed by atoms with Crippen LogP contribution in [0.4, 0.5) is 5.69 Å². The minimum Gasteiger partial charge on any atom is -0.324 e. The van der Waals surface area contributed by atoms with Gasteiger partial charge in [-0.05, 0) is 18.6 Å². The Hall–Kier alpha value is -2.99. The molecule has 2 fully saturated rings. The molecule has 0 saturated carbocycles. The Balaban J connectivity index is 1.59. The molecule has 3 aliphatic heterocycles. The van der Waals surface area contributed by atoms with Crippen molar-refractivity contribution in [2.24, 2.45) is 11.8 Å². The van der Waals surface area contributed by atoms with Crippen LogP contribution in [0.1, 0.15) is 18.1 Å². The van der Waals surface area contributed by atoms with Crippen molar-refractivity contribution in [1.82, 2.24) is 10.2 Å². The number of imide groups is 1. The van der Waals surface area contributed by atoms with Crippen molar-refractivity contribution in [3.63, 3.8) is 0 Å². The van der Waals surface area contributed by atoms with E-state index in [1.807, 2.05) is 61.5 Å². The average Bonchev–Trinajstić information content (AvgIpc) is 3.23. The molecule has 0 radical (unpaired) electrons. The smallest absolute Gasteiger partial charge is 0.250 e. The first kappa shape index (κ1) is 16.2. The maximum Gasteiger partial charge on any atom is 0.250 e. The van der Waals surface area contributed by atoms with Crippen molar-refractivity contribution in [2.75, 3.05) is 5.32 Å². The number of likely N-dealkylation sites (tertiary alicyclic amines) is 1. The zero-order valence-corrected chi connectivity index (χ0v) is 14.8. The lowest BCUT2D eigenvalue weighted by Gasteiger charge is -2.29. The zero-order valence-electron chi connectivity index (χ0n) is 14.8. The molecule has 136 valence electrons. The van der Waals surface area contributed by atoms with E-state index in [1.165, 1.54) is 4.90 Å². The lowest BCUT2D eigenvalue weighted by Crippen LogP contribution is -2.52. The number of anilines is 1. The second-order valence-electron chi connectivity index (χ2n) is 7.49. The molecule has 2 saturated heterocycles. The molecule has 2 aromatic rings. The lowest BCUT2D eigenvalue weighted by atomic mass is 9.76. The summed E-state index contributed by atoms with van der Waals surface area (Å²) >= 11 is 0. The number of hydrogen-bond donors (Lipinski definition) is 2. The van der Waals surface area contributed by atoms with E-state index in [-0.39, 0.29) is 30.3 Å². The first-order valence-corrected chi connectivity index (χ1v) is 9.12. The molecule has 3 aliphatic rings. The van der Waals surface area contributed by atoms with E-state index in [4.69, 9.17) is 0 Å². The van der Waals surface area contributed by atoms with Gasteiger partial charge in [0.2, 0.25) is 17.7 Å². The quantitative estimate of drug-likeness (QED) is 0.797. The molecule has 0 bridgehead atoms. The number of para-hydroxylation sites is 1. The fourth-order valence-electron chi connectivity index (χ4n) is 4.90. The number of nitrogens with one attached hydrogen (secondary N) is 2. The predicted octanol–water partition coefficient (Wildman–Crippen LogP) is 1.63. The first-order chi connectivity index (χ1) is 13.0. The van der Waals surface area contributed by atoms with Gasteiger partial charge in [0.15, 0.2) is 0 Å². The van der Waals surface area contributed by atoms with E-state index < -0.39 is 17.4 Å². The molecule has 0 unspecified atom stereocenters. The molecular weight excluding hydrogens is 342 g/mol. The van der Waals surface area contributed by atoms with Crippen molar-refractivity contribution in [1.29, 1.82) is 0 Å². The third kappa shape index (κ3) is 2.01. The van der Waals surface area contributed by atoms with Gasteiger partial charge in [-0.15, -0.1) is 0 Å². The second-order valence-corrected chi connectivity index (χ2v) is 7.49. The Morgan fingerprint density at radius 2 is 1.67 bits per heavy atom. The number of benzene rings is 2. The fraction of sp³-hybridized carbons (Fsp3) is 0.286. The van der Waals surface area contributed by atoms with Crippen molar-refractivity contribution in [2.45, 2.75) is 25.0 Å². The van der Waals surface area contributed by atoms with E-state index >= 15 is 0 Å². The van der Waals surface area contributed by atoms with Crippen LogP contribution in [0.5, 0.6) is 0 Å². The van der Waals surface area contributed by atoms with Crippen molar-refractivity contribution >= 4 is 23.4 Å². The summed E-state index contributed by atoms with van der Waals surface area (Å²) < 4.78 is 0. The number of rotatable bonds is 2. The van der Waals surface area contributed by atoms with Gasteiger partial charge in [0, 0.05) is 17.3 Å². The van der Waals surface area contributed by atoms with Gasteiger partial charge in [-0.1, -0.05) is 48.5 Å². The molecule has 6 nitrogen and oxygen atoms in total. The highest BCUT2D eigenvalue weighted by Gasteiger charge is 2.69. The molecule has 27 heavy (non-hydrogen) atoms. The van der Waals surface area contributed by atoms with E-state index in [9.17, 15) is 14.4 Å². The summed E-state index contributed by atoms with van der Waals surface area (Å²) in [7, 11) is 0. The van der Waals surface area contributed by atoms with Gasteiger partial charge >= 0.3 is 0 Å². The van der Waals surface area contributed by atoms with E-state index in [0.717, 1.165) is 11.1 Å². The molecule has 6 heteroatoms. The van der Waals surface area contributed by atoms with Gasteiger partial charge in [0.1, 0.15) is 5.54 Å². The number of carbonyl (C=O) groups is 3. The molecule has 0 aliphatic carbocycles. The van der Waals surface area contributed by atoms with Crippen LogP contribution >= 0.6 is 0 Å². The van der Waals surface area contributed by atoms with E-state index in [1.54, 1.807) is 0 Å². The van der Waals surface area contributed by atoms with Crippen LogP contribution in [0.15, 0.2) is 54.6 Å². The molecule has 2 aromatic carbocycles. The van der Waals surface area contributed by atoms with Gasteiger partial charge in [0.25, 0.3) is 0 Å². The highest BCUT2D eigenvalue weighted by Crippen LogP contribution is 2.52. The standard InChI is InChI=1S/C21H19N3O3/c1-12-16-17(19(26)24(18(16)25)11-13-7-3-2-4-8-13)21(23-12)14-9-5-6-10-15(14)22-20(21)27/h2-10,12,16-17,23H,11H2,1H3,(H,22,27)/t12-,16+,17-,21-/m0/s1. The van der Waals surface area contributed by atoms with Crippen molar-refractivity contribution in [3.8, 4) is 0 Å². The van der Waals surface area contributed by atoms with Crippen LogP contribution in [0.3, 0.4) is 0 Å². The van der Waals surface area contributed by atoms with Gasteiger partial charge in [-0.2, -0.15) is 0 Å². The van der Waals surface area contributed by atoms with Crippen molar-refractivity contribution in [3.05, 3.63) is 65.7 Å². The normalized spacial score (nSPS) is 31.4. The number of hydrogen-bond acceptors (Lipinski definition) is 4. The first-order valence-electron chi connectivity index (χ1n) is 9.12. The maximum atomic E-state index is 13.3. The molecule has 3 heterocycles. The Kier molecular flexibility index (Phi) is 3.30. The second kappa shape index (κ2) is 5.50. The molecule has 1 spiro atoms. The maximum absolute atomic E-state index is 13.3. The molecule has 4 atom stereocenters. The number of amides is 3. The summed E-state index contributed by atoms with van der Waals surface area (Å²) in [6, 6.07) is 16.5. The number of carbonyl (C=O) groups excluding carboxylic acids is 3. The number of nitrogens with zero attached hydrogens (tertiary/aromatic N) is 1. The lowest BCUT2D eigenvalue weighted by molar-refractivity contribution is -0.143. The summed E-state index contributed by atoms with van der Waals surface area (Å²) in [4.78, 5) is 40.8. The Bertz CT molecular complexity index is 974. The number of fused-ring (bicyclic) bond motifs is 4. The Morgan fingerprint density at radius 1 is 0.963 bits per heavy atom. The largest absolute Gasteiger partial charge is 0.324 e. The van der Waals surface area contributed by atoms with Crippen LogP contribution in [0.2, 0.25) is 0 Å². The predicted molar refractivity (Wildman–Crippen MR) is 98.3 cm³/mol. The third-order valence-corrected chi connectivity index (χ3v) is 6.04. The Morgan fingerprint density at radius 3 is 2.44 bits per heavy atom. The fourth-order valence-corrected chi connectivity index (χ4v) is 4.90. The SMILES string of the molecule is C[C@@H]1N[C@]2(C(=O)Nc3ccccc32)[C@@H]2C(=O)N(Cc3ccccc3)C(=O)[C@H]12. The third-order valence-electron chi connectivity index (χ3n) is 6.04. The van der Waals surface area contributed by atoms with Crippen LogP contribution in [0.25, 0.3) is 0 Å². The summed E-state index contributed by atoms with van der Waals surface area (Å²) in [6.07, 6.45) is 0. The van der Waals surface area contributed by atoms with Crippen LogP contribution in [-0.4, -0.2) is 28.7 Å². The monoisotopic (exact) mass is 361 g/mol. The van der Waals surface area contributed by atoms with E-state index in [0.29, 0.717) is 5.69 Å². The Labute approximate surface area is 156 Å². The highest BCUT2D eigenvalue weighted by atomic mass is 16.2. The zero-order chi connectivity index (χ0) is 18.8. The highest BCUT2D eigenvalue weighted by molar-refractivity contribution is 6.15. The molecule has 0 aromatic heterocycles. The molecule has 2 N–H and O–H groups in total. The minimum atomic E-state index is -1.18. The molecule has 3 amide bonds. The van der Waals surface area contributed by atoms with Gasteiger partial charge in [-0.25, -0.2) is 0 Å². The minimum absolute atomic E-state index is 0.206. The van der Waals surface area contributed by atoms with Gasteiger partial charge in [0.05, 0.1) is 18.4 Å². The van der Waals surface area contributed by atoms with Gasteiger partial charge < -0.3 is 5.32 Å². The average molecular weight is 361 g/mol. The summed E-state index contributed by atoms with van der Waals surface area (Å²) in [6.45, 7) is 2.11. The topological polar surface area (TPSA) is 78.5 Å². The molecular formula is C21H19N3O3. The summed E-state index contributed by atoms with van der Waals surface area (Å²) in [5, 5.41) is 6.18. The van der Waals surface area contributed by atoms with Crippen LogP contribution in [-0.2, 0) is 26.5 Å². The molecule has 5 rings (SSSR count). The van der Waals surface area contributed by atoms with Crippen LogP contribution in [0, 0.1) is 11.8 Å². The van der Waals surface area contributed by atoms with Crippen LogP contribution < -0.4 is 10.6 Å². The summed E-state index contributed by atoms with van der Waals surface area (Å²) in [5.41, 5.74) is 1.16. The summed E-state index contributed by atoms with van der Waals surface area (Å²) in [5.74, 6) is -2.02. The van der Waals surface area contributed by atoms with Crippen molar-refractivity contribution < 1.29 is 14.4 Å².